The fourth-order valence-corrected chi connectivity index (χ4v) is 5.16. The summed E-state index contributed by atoms with van der Waals surface area (Å²) < 4.78 is 23.1. The van der Waals surface area contributed by atoms with Crippen LogP contribution in [0.25, 0.3) is 0 Å². The van der Waals surface area contributed by atoms with Crippen LogP contribution in [0.3, 0.4) is 0 Å². The topological polar surface area (TPSA) is 49.4 Å². The average Bonchev–Trinajstić information content (AvgIpc) is 2.70. The third-order valence-electron chi connectivity index (χ3n) is 4.55. The first-order valence-electron chi connectivity index (χ1n) is 7.17. The van der Waals surface area contributed by atoms with E-state index in [1.807, 2.05) is 0 Å². The normalized spacial score (nSPS) is 36.1. The molecule has 2 rings (SSSR count). The van der Waals surface area contributed by atoms with Gasteiger partial charge in [0.05, 0.1) is 11.5 Å². The highest BCUT2D eigenvalue weighted by molar-refractivity contribution is 7.91. The number of sulfone groups is 1. The standard InChI is InChI=1S/C13H26N2O2S/c1-3-14-11-4-6-12(7-5-11)15(2)13-8-9-18(16,17)10-13/h11-14H,3-10H2,1-2H3. The van der Waals surface area contributed by atoms with Gasteiger partial charge in [-0.3, -0.25) is 4.90 Å². The fraction of sp³-hybridized carbons (Fsp3) is 1.00. The maximum Gasteiger partial charge on any atom is 0.151 e. The minimum atomic E-state index is -2.75. The summed E-state index contributed by atoms with van der Waals surface area (Å²) in [6.07, 6.45) is 5.67. The fourth-order valence-electron chi connectivity index (χ4n) is 3.37. The zero-order valence-corrected chi connectivity index (χ0v) is 12.4. The number of nitrogens with one attached hydrogen (secondary N) is 1. The Morgan fingerprint density at radius 2 is 1.78 bits per heavy atom. The average molecular weight is 274 g/mol. The van der Waals surface area contributed by atoms with Gasteiger partial charge in [-0.25, -0.2) is 8.42 Å². The lowest BCUT2D eigenvalue weighted by molar-refractivity contribution is 0.137. The highest BCUT2D eigenvalue weighted by Crippen LogP contribution is 2.27. The first-order valence-corrected chi connectivity index (χ1v) is 8.99. The van der Waals surface area contributed by atoms with Gasteiger partial charge in [-0.15, -0.1) is 0 Å². The van der Waals surface area contributed by atoms with Crippen LogP contribution in [0, 0.1) is 0 Å². The summed E-state index contributed by atoms with van der Waals surface area (Å²) in [6, 6.07) is 1.51. The zero-order chi connectivity index (χ0) is 13.2. The molecule has 1 atom stereocenters. The Balaban J connectivity index is 1.83. The summed E-state index contributed by atoms with van der Waals surface area (Å²) in [6.45, 7) is 3.20. The van der Waals surface area contributed by atoms with Crippen LogP contribution in [0.15, 0.2) is 0 Å². The highest BCUT2D eigenvalue weighted by atomic mass is 32.2. The van der Waals surface area contributed by atoms with Crippen molar-refractivity contribution in [1.29, 1.82) is 0 Å². The van der Waals surface area contributed by atoms with Crippen LogP contribution in [-0.4, -0.2) is 56.5 Å². The Bertz CT molecular complexity index is 361. The molecule has 1 saturated carbocycles. The van der Waals surface area contributed by atoms with E-state index < -0.39 is 9.84 Å². The van der Waals surface area contributed by atoms with Gasteiger partial charge in [0.25, 0.3) is 0 Å². The van der Waals surface area contributed by atoms with Gasteiger partial charge in [0, 0.05) is 18.1 Å². The molecule has 5 heteroatoms. The van der Waals surface area contributed by atoms with E-state index in [1.165, 1.54) is 25.7 Å². The maximum atomic E-state index is 11.5. The molecule has 1 unspecified atom stereocenters. The minimum absolute atomic E-state index is 0.260. The maximum absolute atomic E-state index is 11.5. The van der Waals surface area contributed by atoms with E-state index in [-0.39, 0.29) is 6.04 Å². The van der Waals surface area contributed by atoms with Crippen molar-refractivity contribution < 1.29 is 8.42 Å². The van der Waals surface area contributed by atoms with Crippen molar-refractivity contribution in [1.82, 2.24) is 10.2 Å². The molecule has 2 aliphatic rings. The summed E-state index contributed by atoms with van der Waals surface area (Å²) in [4.78, 5) is 2.34. The molecule has 0 spiro atoms. The van der Waals surface area contributed by atoms with E-state index in [2.05, 4.69) is 24.2 Å². The van der Waals surface area contributed by atoms with Gasteiger partial charge in [0.15, 0.2) is 9.84 Å². The third-order valence-corrected chi connectivity index (χ3v) is 6.30. The van der Waals surface area contributed by atoms with Gasteiger partial charge in [-0.1, -0.05) is 6.92 Å². The molecule has 1 heterocycles. The molecule has 1 aliphatic carbocycles. The molecule has 2 fully saturated rings. The molecule has 0 aromatic heterocycles. The van der Waals surface area contributed by atoms with Crippen LogP contribution in [-0.2, 0) is 9.84 Å². The van der Waals surface area contributed by atoms with Crippen LogP contribution in [0.5, 0.6) is 0 Å². The van der Waals surface area contributed by atoms with Crippen LogP contribution in [0.4, 0.5) is 0 Å². The summed E-state index contributed by atoms with van der Waals surface area (Å²) in [5, 5.41) is 3.51. The SMILES string of the molecule is CCNC1CCC(N(C)C2CCS(=O)(=O)C2)CC1. The van der Waals surface area contributed by atoms with Crippen molar-refractivity contribution >= 4 is 9.84 Å². The summed E-state index contributed by atoms with van der Waals surface area (Å²) in [5.41, 5.74) is 0. The van der Waals surface area contributed by atoms with E-state index in [0.717, 1.165) is 13.0 Å². The predicted octanol–water partition coefficient (Wildman–Crippen LogP) is 1.03. The monoisotopic (exact) mass is 274 g/mol. The lowest BCUT2D eigenvalue weighted by Gasteiger charge is -2.37. The zero-order valence-electron chi connectivity index (χ0n) is 11.6. The molecule has 1 aliphatic heterocycles. The molecule has 1 saturated heterocycles. The van der Waals surface area contributed by atoms with Gasteiger partial charge < -0.3 is 5.32 Å². The Labute approximate surface area is 111 Å². The predicted molar refractivity (Wildman–Crippen MR) is 74.5 cm³/mol. The van der Waals surface area contributed by atoms with Gasteiger partial charge in [0.1, 0.15) is 0 Å². The smallest absolute Gasteiger partial charge is 0.151 e. The van der Waals surface area contributed by atoms with Crippen LogP contribution in [0.2, 0.25) is 0 Å². The molecule has 4 nitrogen and oxygen atoms in total. The van der Waals surface area contributed by atoms with Gasteiger partial charge in [0.2, 0.25) is 0 Å². The van der Waals surface area contributed by atoms with E-state index in [0.29, 0.717) is 23.6 Å². The first-order chi connectivity index (χ1) is 8.52. The van der Waals surface area contributed by atoms with Crippen LogP contribution >= 0.6 is 0 Å². The van der Waals surface area contributed by atoms with Crippen molar-refractivity contribution in [3.8, 4) is 0 Å². The van der Waals surface area contributed by atoms with Crippen LogP contribution < -0.4 is 5.32 Å². The van der Waals surface area contributed by atoms with Gasteiger partial charge >= 0.3 is 0 Å². The van der Waals surface area contributed by atoms with Gasteiger partial charge in [-0.05, 0) is 45.7 Å². The van der Waals surface area contributed by atoms with Gasteiger partial charge in [-0.2, -0.15) is 0 Å². The summed E-state index contributed by atoms with van der Waals surface area (Å²) in [5.74, 6) is 0.755. The molecule has 18 heavy (non-hydrogen) atoms. The number of nitrogens with zero attached hydrogens (tertiary/aromatic N) is 1. The molecular formula is C13H26N2O2S. The highest BCUT2D eigenvalue weighted by Gasteiger charge is 2.34. The van der Waals surface area contributed by atoms with Crippen molar-refractivity contribution in [3.63, 3.8) is 0 Å². The van der Waals surface area contributed by atoms with Crippen molar-refractivity contribution in [2.24, 2.45) is 0 Å². The first kappa shape index (κ1) is 14.3. The number of hydrogen-bond acceptors (Lipinski definition) is 4. The van der Waals surface area contributed by atoms with Crippen molar-refractivity contribution in [3.05, 3.63) is 0 Å². The summed E-state index contributed by atoms with van der Waals surface area (Å²) >= 11 is 0. The molecular weight excluding hydrogens is 248 g/mol. The molecule has 1 N–H and O–H groups in total. The number of hydrogen-bond donors (Lipinski definition) is 1. The molecule has 106 valence electrons. The third kappa shape index (κ3) is 3.45. The largest absolute Gasteiger partial charge is 0.314 e. The second-order valence-electron chi connectivity index (χ2n) is 5.79. The molecule has 0 radical (unpaired) electrons. The van der Waals surface area contributed by atoms with Crippen LogP contribution in [0.1, 0.15) is 39.0 Å². The minimum Gasteiger partial charge on any atom is -0.314 e. The Kier molecular flexibility index (Phi) is 4.67. The quantitative estimate of drug-likeness (QED) is 0.832. The van der Waals surface area contributed by atoms with E-state index in [4.69, 9.17) is 0 Å². The second kappa shape index (κ2) is 5.88. The second-order valence-corrected chi connectivity index (χ2v) is 8.01. The van der Waals surface area contributed by atoms with E-state index in [9.17, 15) is 8.42 Å². The van der Waals surface area contributed by atoms with E-state index in [1.54, 1.807) is 0 Å². The lowest BCUT2D eigenvalue weighted by atomic mass is 9.89. The molecule has 0 bridgehead atoms. The molecule has 0 aromatic carbocycles. The van der Waals surface area contributed by atoms with Crippen molar-refractivity contribution in [2.75, 3.05) is 25.1 Å². The Morgan fingerprint density at radius 1 is 1.11 bits per heavy atom. The summed E-state index contributed by atoms with van der Waals surface area (Å²) in [7, 11) is -0.638. The number of rotatable bonds is 4. The lowest BCUT2D eigenvalue weighted by Crippen LogP contribution is -2.45. The molecule has 0 amide bonds. The Hall–Kier alpha value is -0.130. The van der Waals surface area contributed by atoms with Crippen molar-refractivity contribution in [2.45, 2.75) is 57.2 Å². The Morgan fingerprint density at radius 3 is 2.28 bits per heavy atom. The molecule has 0 aromatic rings. The van der Waals surface area contributed by atoms with E-state index >= 15 is 0 Å².